The number of nitrogens with two attached hydrogens (primary N) is 1. The maximum absolute atomic E-state index is 11.7. The fourth-order valence-electron chi connectivity index (χ4n) is 1.13. The molecule has 0 radical (unpaired) electrons. The molecular formula is C9H14N4O3. The average molecular weight is 226 g/mol. The molecule has 0 aliphatic heterocycles. The van der Waals surface area contributed by atoms with Gasteiger partial charge in [-0.05, 0) is 6.92 Å². The Bertz CT molecular complexity index is 388. The summed E-state index contributed by atoms with van der Waals surface area (Å²) in [6.45, 7) is 1.87. The lowest BCUT2D eigenvalue weighted by Gasteiger charge is -2.15. The van der Waals surface area contributed by atoms with E-state index in [9.17, 15) is 9.59 Å². The number of ether oxygens (including phenoxy) is 1. The summed E-state index contributed by atoms with van der Waals surface area (Å²) in [4.78, 5) is 24.1. The van der Waals surface area contributed by atoms with Gasteiger partial charge in [-0.1, -0.05) is 0 Å². The number of rotatable bonds is 4. The maximum atomic E-state index is 11.7. The third kappa shape index (κ3) is 2.72. The van der Waals surface area contributed by atoms with Gasteiger partial charge in [-0.15, -0.1) is 0 Å². The molecule has 16 heavy (non-hydrogen) atoms. The predicted octanol–water partition coefficient (Wildman–Crippen LogP) is -0.373. The largest absolute Gasteiger partial charge is 0.465 e. The minimum absolute atomic E-state index is 0.120. The molecule has 0 unspecified atom stereocenters. The number of carbonyl (C=O) groups is 2. The number of amides is 1. The molecule has 0 bridgehead atoms. The van der Waals surface area contributed by atoms with Gasteiger partial charge in [0.1, 0.15) is 12.2 Å². The Labute approximate surface area is 92.6 Å². The van der Waals surface area contributed by atoms with Crippen LogP contribution in [0.1, 0.15) is 17.4 Å². The standard InChI is InChI=1S/C9H14N4O3/c1-3-16-7(14)5-13(2)9(15)8-6(10)4-11-12-8/h4H,3,5,10H2,1-2H3,(H,11,12). The number of hydrogen-bond donors (Lipinski definition) is 2. The van der Waals surface area contributed by atoms with Crippen LogP contribution in [-0.2, 0) is 9.53 Å². The van der Waals surface area contributed by atoms with Crippen molar-refractivity contribution in [2.45, 2.75) is 6.92 Å². The molecular weight excluding hydrogens is 212 g/mol. The SMILES string of the molecule is CCOC(=O)CN(C)C(=O)c1[nH]ncc1N. The molecule has 1 aromatic rings. The minimum Gasteiger partial charge on any atom is -0.465 e. The summed E-state index contributed by atoms with van der Waals surface area (Å²) in [5.41, 5.74) is 5.93. The summed E-state index contributed by atoms with van der Waals surface area (Å²) in [7, 11) is 1.49. The normalized spacial score (nSPS) is 9.88. The molecule has 3 N–H and O–H groups in total. The van der Waals surface area contributed by atoms with E-state index in [0.717, 1.165) is 0 Å². The number of H-pyrrole nitrogens is 1. The zero-order chi connectivity index (χ0) is 12.1. The van der Waals surface area contributed by atoms with Gasteiger partial charge >= 0.3 is 5.97 Å². The molecule has 1 heterocycles. The predicted molar refractivity (Wildman–Crippen MR) is 56.6 cm³/mol. The van der Waals surface area contributed by atoms with Crippen molar-refractivity contribution in [2.75, 3.05) is 25.9 Å². The van der Waals surface area contributed by atoms with Crippen LogP contribution in [0.25, 0.3) is 0 Å². The molecule has 0 aliphatic rings. The van der Waals surface area contributed by atoms with E-state index >= 15 is 0 Å². The Morgan fingerprint density at radius 2 is 2.31 bits per heavy atom. The van der Waals surface area contributed by atoms with Crippen molar-refractivity contribution in [3.8, 4) is 0 Å². The van der Waals surface area contributed by atoms with E-state index in [1.54, 1.807) is 6.92 Å². The molecule has 7 heteroatoms. The van der Waals surface area contributed by atoms with Crippen LogP contribution in [0.4, 0.5) is 5.69 Å². The topological polar surface area (TPSA) is 101 Å². The number of aromatic nitrogens is 2. The number of carbonyl (C=O) groups excluding carboxylic acids is 2. The van der Waals surface area contributed by atoms with Gasteiger partial charge in [0.15, 0.2) is 0 Å². The number of nitrogens with one attached hydrogen (secondary N) is 1. The van der Waals surface area contributed by atoms with E-state index in [1.807, 2.05) is 0 Å². The average Bonchev–Trinajstić information content (AvgIpc) is 2.63. The first-order chi connectivity index (χ1) is 7.56. The molecule has 7 nitrogen and oxygen atoms in total. The Morgan fingerprint density at radius 1 is 1.62 bits per heavy atom. The third-order valence-electron chi connectivity index (χ3n) is 1.90. The second kappa shape index (κ2) is 5.15. The van der Waals surface area contributed by atoms with E-state index in [-0.39, 0.29) is 24.5 Å². The van der Waals surface area contributed by atoms with Gasteiger partial charge in [-0.25, -0.2) is 0 Å². The first kappa shape index (κ1) is 12.0. The molecule has 1 amide bonds. The Hall–Kier alpha value is -2.05. The number of aromatic amines is 1. The number of esters is 1. The number of nitrogens with zero attached hydrogens (tertiary/aromatic N) is 2. The van der Waals surface area contributed by atoms with Gasteiger partial charge in [0, 0.05) is 7.05 Å². The van der Waals surface area contributed by atoms with Crippen LogP contribution in [0.3, 0.4) is 0 Å². The summed E-state index contributed by atoms with van der Waals surface area (Å²) in [6.07, 6.45) is 1.34. The molecule has 0 fully saturated rings. The molecule has 88 valence electrons. The lowest BCUT2D eigenvalue weighted by atomic mass is 10.3. The summed E-state index contributed by atoms with van der Waals surface area (Å²) in [6, 6.07) is 0. The number of nitrogen functional groups attached to an aromatic ring is 1. The van der Waals surface area contributed by atoms with Crippen LogP contribution < -0.4 is 5.73 Å². The van der Waals surface area contributed by atoms with E-state index in [4.69, 9.17) is 10.5 Å². The first-order valence-electron chi connectivity index (χ1n) is 4.76. The van der Waals surface area contributed by atoms with Gasteiger partial charge in [0.05, 0.1) is 18.5 Å². The minimum atomic E-state index is -0.462. The molecule has 1 rings (SSSR count). The van der Waals surface area contributed by atoms with Crippen LogP contribution in [0.15, 0.2) is 6.20 Å². The summed E-state index contributed by atoms with van der Waals surface area (Å²) in [5.74, 6) is -0.862. The highest BCUT2D eigenvalue weighted by atomic mass is 16.5. The Balaban J connectivity index is 2.61. The zero-order valence-corrected chi connectivity index (χ0v) is 9.19. The monoisotopic (exact) mass is 226 g/mol. The van der Waals surface area contributed by atoms with Crippen molar-refractivity contribution in [2.24, 2.45) is 0 Å². The number of likely N-dealkylation sites (N-methyl/N-ethyl adjacent to an activating group) is 1. The highest BCUT2D eigenvalue weighted by Gasteiger charge is 2.18. The van der Waals surface area contributed by atoms with Crippen molar-refractivity contribution in [1.82, 2.24) is 15.1 Å². The number of hydrogen-bond acceptors (Lipinski definition) is 5. The molecule has 0 atom stereocenters. The molecule has 0 spiro atoms. The maximum Gasteiger partial charge on any atom is 0.325 e. The Kier molecular flexibility index (Phi) is 3.87. The van der Waals surface area contributed by atoms with Crippen molar-refractivity contribution >= 4 is 17.6 Å². The van der Waals surface area contributed by atoms with Crippen LogP contribution in [0.2, 0.25) is 0 Å². The Morgan fingerprint density at radius 3 is 2.81 bits per heavy atom. The van der Waals surface area contributed by atoms with E-state index in [0.29, 0.717) is 0 Å². The van der Waals surface area contributed by atoms with Gasteiger partial charge in [0.2, 0.25) is 0 Å². The van der Waals surface area contributed by atoms with Crippen LogP contribution in [0, 0.1) is 0 Å². The zero-order valence-electron chi connectivity index (χ0n) is 9.19. The van der Waals surface area contributed by atoms with Crippen molar-refractivity contribution in [3.63, 3.8) is 0 Å². The van der Waals surface area contributed by atoms with Gasteiger partial charge in [0.25, 0.3) is 5.91 Å². The van der Waals surface area contributed by atoms with Crippen LogP contribution >= 0.6 is 0 Å². The fraction of sp³-hybridized carbons (Fsp3) is 0.444. The lowest BCUT2D eigenvalue weighted by molar-refractivity contribution is -0.143. The van der Waals surface area contributed by atoms with E-state index in [1.165, 1.54) is 18.1 Å². The van der Waals surface area contributed by atoms with Crippen LogP contribution in [-0.4, -0.2) is 47.2 Å². The van der Waals surface area contributed by atoms with Gasteiger partial charge in [-0.3, -0.25) is 14.7 Å². The second-order valence-corrected chi connectivity index (χ2v) is 3.17. The third-order valence-corrected chi connectivity index (χ3v) is 1.90. The fourth-order valence-corrected chi connectivity index (χ4v) is 1.13. The molecule has 0 aliphatic carbocycles. The van der Waals surface area contributed by atoms with E-state index in [2.05, 4.69) is 10.2 Å². The molecule has 0 saturated carbocycles. The number of anilines is 1. The first-order valence-corrected chi connectivity index (χ1v) is 4.76. The molecule has 0 aromatic carbocycles. The summed E-state index contributed by atoms with van der Waals surface area (Å²) >= 11 is 0. The summed E-state index contributed by atoms with van der Waals surface area (Å²) < 4.78 is 4.72. The smallest absolute Gasteiger partial charge is 0.325 e. The van der Waals surface area contributed by atoms with Crippen molar-refractivity contribution < 1.29 is 14.3 Å². The van der Waals surface area contributed by atoms with Crippen molar-refractivity contribution in [3.05, 3.63) is 11.9 Å². The summed E-state index contributed by atoms with van der Waals surface area (Å²) in [5, 5.41) is 6.10. The molecule has 0 saturated heterocycles. The van der Waals surface area contributed by atoms with Gasteiger partial charge in [-0.2, -0.15) is 5.10 Å². The van der Waals surface area contributed by atoms with Gasteiger partial charge < -0.3 is 15.4 Å². The molecule has 1 aromatic heterocycles. The van der Waals surface area contributed by atoms with Crippen molar-refractivity contribution in [1.29, 1.82) is 0 Å². The lowest BCUT2D eigenvalue weighted by Crippen LogP contribution is -2.33. The quantitative estimate of drug-likeness (QED) is 0.682. The highest BCUT2D eigenvalue weighted by molar-refractivity contribution is 5.98. The highest BCUT2D eigenvalue weighted by Crippen LogP contribution is 2.08. The van der Waals surface area contributed by atoms with E-state index < -0.39 is 11.9 Å². The van der Waals surface area contributed by atoms with Crippen LogP contribution in [0.5, 0.6) is 0 Å². The second-order valence-electron chi connectivity index (χ2n) is 3.17.